The Bertz CT molecular complexity index is 713. The fourth-order valence-electron chi connectivity index (χ4n) is 2.35. The summed E-state index contributed by atoms with van der Waals surface area (Å²) < 4.78 is 25.2. The second kappa shape index (κ2) is 12.8. The summed E-state index contributed by atoms with van der Waals surface area (Å²) >= 11 is 0. The van der Waals surface area contributed by atoms with Gasteiger partial charge in [0.2, 0.25) is 0 Å². The van der Waals surface area contributed by atoms with Crippen molar-refractivity contribution in [2.45, 2.75) is 12.2 Å². The lowest BCUT2D eigenvalue weighted by Crippen LogP contribution is -2.40. The number of halogens is 2. The average Bonchev–Trinajstić information content (AvgIpc) is 2.61. The molecule has 2 rings (SSSR count). The zero-order valence-electron chi connectivity index (χ0n) is 14.8. The van der Waals surface area contributed by atoms with Crippen LogP contribution in [0.5, 0.6) is 0 Å². The van der Waals surface area contributed by atoms with Gasteiger partial charge in [-0.1, -0.05) is 42.5 Å². The van der Waals surface area contributed by atoms with E-state index in [0.717, 1.165) is 11.1 Å². The summed E-state index contributed by atoms with van der Waals surface area (Å²) in [6, 6.07) is 16.4. The standard InChI is InChI=1S/C19H24FN3OS.HI/c1-21-19(22-11-10-16-8-5-9-18(20)14-16)23-12-13-25(24)15-17-6-3-2-4-7-17;/h2-9,14H,10-13,15H2,1H3,(H2,21,22,23);1H. The van der Waals surface area contributed by atoms with Gasteiger partial charge in [-0.25, -0.2) is 4.39 Å². The Morgan fingerprint density at radius 1 is 1.04 bits per heavy atom. The van der Waals surface area contributed by atoms with Crippen molar-refractivity contribution in [3.05, 3.63) is 71.5 Å². The second-order valence-corrected chi connectivity index (χ2v) is 7.16. The largest absolute Gasteiger partial charge is 0.356 e. The second-order valence-electron chi connectivity index (χ2n) is 5.58. The van der Waals surface area contributed by atoms with Gasteiger partial charge in [-0.3, -0.25) is 9.20 Å². The zero-order chi connectivity index (χ0) is 17.9. The Kier molecular flexibility index (Phi) is 11.1. The molecule has 1 unspecified atom stereocenters. The highest BCUT2D eigenvalue weighted by Crippen LogP contribution is 2.04. The summed E-state index contributed by atoms with van der Waals surface area (Å²) in [5.41, 5.74) is 2.02. The minimum absolute atomic E-state index is 0. The molecule has 26 heavy (non-hydrogen) atoms. The Labute approximate surface area is 174 Å². The molecular formula is C19H25FIN3OS. The maximum atomic E-state index is 13.1. The van der Waals surface area contributed by atoms with Gasteiger partial charge in [0.05, 0.1) is 0 Å². The molecule has 0 heterocycles. The van der Waals surface area contributed by atoms with Crippen molar-refractivity contribution in [2.75, 3.05) is 25.9 Å². The van der Waals surface area contributed by atoms with Gasteiger partial charge in [0, 0.05) is 42.4 Å². The fraction of sp³-hybridized carbons (Fsp3) is 0.316. The number of nitrogens with one attached hydrogen (secondary N) is 2. The third kappa shape index (κ3) is 8.75. The first-order valence-corrected chi connectivity index (χ1v) is 9.74. The predicted octanol–water partition coefficient (Wildman–Crippen LogP) is 3.10. The Morgan fingerprint density at radius 3 is 2.42 bits per heavy atom. The molecule has 4 nitrogen and oxygen atoms in total. The first-order valence-electron chi connectivity index (χ1n) is 8.25. The molecule has 0 bridgehead atoms. The van der Waals surface area contributed by atoms with E-state index in [-0.39, 0.29) is 29.8 Å². The summed E-state index contributed by atoms with van der Waals surface area (Å²) in [5.74, 6) is 1.56. The van der Waals surface area contributed by atoms with Crippen molar-refractivity contribution >= 4 is 40.7 Å². The number of benzene rings is 2. The van der Waals surface area contributed by atoms with Crippen LogP contribution in [0.4, 0.5) is 4.39 Å². The first kappa shape index (κ1) is 22.6. The lowest BCUT2D eigenvalue weighted by Gasteiger charge is -2.12. The molecule has 1 atom stereocenters. The minimum atomic E-state index is -0.914. The SMILES string of the molecule is CN=C(NCCc1cccc(F)c1)NCCS(=O)Cc1ccccc1.I. The van der Waals surface area contributed by atoms with E-state index >= 15 is 0 Å². The predicted molar refractivity (Wildman–Crippen MR) is 118 cm³/mol. The molecule has 7 heteroatoms. The third-order valence-electron chi connectivity index (χ3n) is 3.61. The smallest absolute Gasteiger partial charge is 0.191 e. The number of aliphatic imine (C=N–C) groups is 1. The van der Waals surface area contributed by atoms with Gasteiger partial charge in [-0.2, -0.15) is 0 Å². The van der Waals surface area contributed by atoms with Crippen LogP contribution in [0.3, 0.4) is 0 Å². The van der Waals surface area contributed by atoms with Crippen molar-refractivity contribution in [2.24, 2.45) is 4.99 Å². The van der Waals surface area contributed by atoms with Crippen LogP contribution in [0.2, 0.25) is 0 Å². The zero-order valence-corrected chi connectivity index (χ0v) is 17.9. The van der Waals surface area contributed by atoms with Crippen LogP contribution < -0.4 is 10.6 Å². The number of guanidine groups is 1. The summed E-state index contributed by atoms with van der Waals surface area (Å²) in [6.45, 7) is 1.23. The summed E-state index contributed by atoms with van der Waals surface area (Å²) in [6.07, 6.45) is 0.707. The van der Waals surface area contributed by atoms with Crippen molar-refractivity contribution in [1.29, 1.82) is 0 Å². The molecule has 0 aliphatic heterocycles. The van der Waals surface area contributed by atoms with Crippen LogP contribution in [-0.2, 0) is 23.0 Å². The number of nitrogens with zero attached hydrogens (tertiary/aromatic N) is 1. The van der Waals surface area contributed by atoms with Crippen LogP contribution in [-0.4, -0.2) is 36.1 Å². The highest BCUT2D eigenvalue weighted by atomic mass is 127. The molecule has 0 radical (unpaired) electrons. The molecule has 0 aliphatic carbocycles. The van der Waals surface area contributed by atoms with Crippen LogP contribution in [0, 0.1) is 5.82 Å². The van der Waals surface area contributed by atoms with Gasteiger partial charge >= 0.3 is 0 Å². The third-order valence-corrected chi connectivity index (χ3v) is 4.93. The van der Waals surface area contributed by atoms with Gasteiger partial charge in [0.25, 0.3) is 0 Å². The molecule has 0 fully saturated rings. The molecule has 142 valence electrons. The molecule has 0 aliphatic rings. The van der Waals surface area contributed by atoms with Crippen LogP contribution in [0.15, 0.2) is 59.6 Å². The van der Waals surface area contributed by atoms with E-state index < -0.39 is 10.8 Å². The number of hydrogen-bond acceptors (Lipinski definition) is 2. The maximum Gasteiger partial charge on any atom is 0.191 e. The Hall–Kier alpha value is -1.48. The molecule has 2 aromatic carbocycles. The van der Waals surface area contributed by atoms with E-state index in [4.69, 9.17) is 0 Å². The quantitative estimate of drug-likeness (QED) is 0.341. The Morgan fingerprint density at radius 2 is 1.73 bits per heavy atom. The first-order chi connectivity index (χ1) is 12.2. The van der Waals surface area contributed by atoms with Crippen molar-refractivity contribution in [1.82, 2.24) is 10.6 Å². The van der Waals surface area contributed by atoms with Gasteiger partial charge in [0.15, 0.2) is 5.96 Å². The molecule has 0 amide bonds. The van der Waals surface area contributed by atoms with Crippen LogP contribution >= 0.6 is 24.0 Å². The summed E-state index contributed by atoms with van der Waals surface area (Å²) in [5, 5.41) is 6.33. The maximum absolute atomic E-state index is 13.1. The van der Waals surface area contributed by atoms with Crippen molar-refractivity contribution in [3.63, 3.8) is 0 Å². The van der Waals surface area contributed by atoms with Gasteiger partial charge in [-0.15, -0.1) is 24.0 Å². The van der Waals surface area contributed by atoms with Crippen molar-refractivity contribution in [3.8, 4) is 0 Å². The molecule has 2 aromatic rings. The molecule has 2 N–H and O–H groups in total. The highest BCUT2D eigenvalue weighted by Gasteiger charge is 2.03. The van der Waals surface area contributed by atoms with Crippen LogP contribution in [0.25, 0.3) is 0 Å². The van der Waals surface area contributed by atoms with Crippen molar-refractivity contribution < 1.29 is 8.60 Å². The lowest BCUT2D eigenvalue weighted by molar-refractivity contribution is 0.625. The van der Waals surface area contributed by atoms with E-state index in [0.29, 0.717) is 37.0 Å². The van der Waals surface area contributed by atoms with Gasteiger partial charge in [0.1, 0.15) is 5.82 Å². The Balaban J connectivity index is 0.00000338. The molecule has 0 saturated carbocycles. The monoisotopic (exact) mass is 489 g/mol. The normalized spacial score (nSPS) is 12.2. The van der Waals surface area contributed by atoms with Gasteiger partial charge < -0.3 is 10.6 Å². The van der Waals surface area contributed by atoms with E-state index in [2.05, 4.69) is 15.6 Å². The minimum Gasteiger partial charge on any atom is -0.356 e. The number of rotatable bonds is 8. The van der Waals surface area contributed by atoms with Gasteiger partial charge in [-0.05, 0) is 29.7 Å². The van der Waals surface area contributed by atoms with E-state index in [1.165, 1.54) is 12.1 Å². The molecule has 0 spiro atoms. The average molecular weight is 489 g/mol. The fourth-order valence-corrected chi connectivity index (χ4v) is 3.39. The summed E-state index contributed by atoms with van der Waals surface area (Å²) in [4.78, 5) is 4.14. The topological polar surface area (TPSA) is 53.5 Å². The summed E-state index contributed by atoms with van der Waals surface area (Å²) in [7, 11) is 0.778. The van der Waals surface area contributed by atoms with E-state index in [9.17, 15) is 8.60 Å². The highest BCUT2D eigenvalue weighted by molar-refractivity contribution is 14.0. The molecule has 0 saturated heterocycles. The number of hydrogen-bond donors (Lipinski definition) is 2. The molecular weight excluding hydrogens is 464 g/mol. The molecule has 0 aromatic heterocycles. The lowest BCUT2D eigenvalue weighted by atomic mass is 10.1. The van der Waals surface area contributed by atoms with E-state index in [1.807, 2.05) is 36.4 Å². The van der Waals surface area contributed by atoms with E-state index in [1.54, 1.807) is 13.1 Å². The van der Waals surface area contributed by atoms with Crippen LogP contribution in [0.1, 0.15) is 11.1 Å².